The van der Waals surface area contributed by atoms with Crippen LogP contribution in [0.2, 0.25) is 0 Å². The first kappa shape index (κ1) is 11.1. The molecule has 20 heavy (non-hydrogen) atoms. The van der Waals surface area contributed by atoms with Crippen molar-refractivity contribution in [2.45, 2.75) is 38.0 Å². The zero-order chi connectivity index (χ0) is 13.1. The fraction of sp³-hybridized carbons (Fsp3) is 0.400. The Hall–Kier alpha value is -1.56. The summed E-state index contributed by atoms with van der Waals surface area (Å²) in [5, 5.41) is 0. The van der Waals surface area contributed by atoms with Gasteiger partial charge in [0.2, 0.25) is 0 Å². The molecule has 2 aromatic rings. The van der Waals surface area contributed by atoms with Crippen LogP contribution in [0.15, 0.2) is 42.5 Å². The van der Waals surface area contributed by atoms with Crippen molar-refractivity contribution >= 4 is 0 Å². The zero-order valence-electron chi connectivity index (χ0n) is 11.8. The van der Waals surface area contributed by atoms with Gasteiger partial charge in [-0.25, -0.2) is 0 Å². The van der Waals surface area contributed by atoms with Crippen LogP contribution < -0.4 is 0 Å². The van der Waals surface area contributed by atoms with Gasteiger partial charge in [-0.05, 0) is 71.3 Å². The molecule has 0 aromatic heterocycles. The van der Waals surface area contributed by atoms with Crippen LogP contribution in [0.4, 0.5) is 0 Å². The summed E-state index contributed by atoms with van der Waals surface area (Å²) in [7, 11) is 0. The van der Waals surface area contributed by atoms with E-state index in [1.807, 2.05) is 0 Å². The molecule has 3 aliphatic rings. The van der Waals surface area contributed by atoms with E-state index >= 15 is 0 Å². The van der Waals surface area contributed by atoms with E-state index < -0.39 is 0 Å². The molecule has 3 aliphatic carbocycles. The highest BCUT2D eigenvalue weighted by molar-refractivity contribution is 5.80. The van der Waals surface area contributed by atoms with Gasteiger partial charge in [-0.2, -0.15) is 0 Å². The number of benzene rings is 2. The Morgan fingerprint density at radius 1 is 0.800 bits per heavy atom. The molecule has 3 atom stereocenters. The molecule has 0 heterocycles. The molecule has 2 fully saturated rings. The van der Waals surface area contributed by atoms with Crippen LogP contribution in [0.3, 0.4) is 0 Å². The van der Waals surface area contributed by atoms with Crippen LogP contribution in [0.5, 0.6) is 0 Å². The van der Waals surface area contributed by atoms with Crippen molar-refractivity contribution in [1.82, 2.24) is 0 Å². The Bertz CT molecular complexity index is 682. The molecule has 0 spiro atoms. The Balaban J connectivity index is 1.68. The molecule has 0 heteroatoms. The lowest BCUT2D eigenvalue weighted by atomic mass is 9.80. The van der Waals surface area contributed by atoms with Gasteiger partial charge >= 0.3 is 0 Å². The summed E-state index contributed by atoms with van der Waals surface area (Å²) in [6.07, 6.45) is 7.05. The maximum absolute atomic E-state index is 2.42. The molecule has 3 unspecified atom stereocenters. The van der Waals surface area contributed by atoms with E-state index in [-0.39, 0.29) is 0 Å². The predicted octanol–water partition coefficient (Wildman–Crippen LogP) is 5.16. The topological polar surface area (TPSA) is 0 Å². The van der Waals surface area contributed by atoms with Crippen molar-refractivity contribution in [3.05, 3.63) is 59.2 Å². The standard InChI is InChI=1S/C20H20/c1-2-6-17-14(4-1)12-16-5-3-7-18(20(16)17)19-11-13-8-9-15(19)10-13/h1-7,13,15,19H,8-12H2. The second kappa shape index (κ2) is 3.97. The lowest BCUT2D eigenvalue weighted by molar-refractivity contribution is 0.420. The minimum Gasteiger partial charge on any atom is -0.0619 e. The third-order valence-electron chi connectivity index (χ3n) is 5.99. The number of rotatable bonds is 1. The van der Waals surface area contributed by atoms with E-state index in [9.17, 15) is 0 Å². The zero-order valence-corrected chi connectivity index (χ0v) is 11.8. The minimum absolute atomic E-state index is 0.842. The fourth-order valence-electron chi connectivity index (χ4n) is 5.15. The average molecular weight is 260 g/mol. The summed E-state index contributed by atoms with van der Waals surface area (Å²) < 4.78 is 0. The minimum atomic E-state index is 0.842. The predicted molar refractivity (Wildman–Crippen MR) is 82.9 cm³/mol. The molecule has 2 bridgehead atoms. The highest BCUT2D eigenvalue weighted by Gasteiger charge is 2.41. The lowest BCUT2D eigenvalue weighted by Crippen LogP contribution is -2.09. The summed E-state index contributed by atoms with van der Waals surface area (Å²) in [5.74, 6) is 2.84. The van der Waals surface area contributed by atoms with Gasteiger partial charge in [-0.15, -0.1) is 0 Å². The maximum atomic E-state index is 2.42. The van der Waals surface area contributed by atoms with Gasteiger partial charge in [0, 0.05) is 0 Å². The van der Waals surface area contributed by atoms with E-state index in [1.165, 1.54) is 36.8 Å². The van der Waals surface area contributed by atoms with Gasteiger partial charge in [0.05, 0.1) is 0 Å². The highest BCUT2D eigenvalue weighted by Crippen LogP contribution is 2.55. The van der Waals surface area contributed by atoms with Gasteiger partial charge in [0.15, 0.2) is 0 Å². The summed E-state index contributed by atoms with van der Waals surface area (Å²) in [4.78, 5) is 0. The van der Waals surface area contributed by atoms with Gasteiger partial charge in [-0.3, -0.25) is 0 Å². The first-order chi connectivity index (χ1) is 9.90. The first-order valence-electron chi connectivity index (χ1n) is 8.10. The van der Waals surface area contributed by atoms with Crippen LogP contribution in [0, 0.1) is 11.8 Å². The van der Waals surface area contributed by atoms with Crippen LogP contribution in [-0.2, 0) is 6.42 Å². The van der Waals surface area contributed by atoms with Gasteiger partial charge < -0.3 is 0 Å². The summed E-state index contributed by atoms with van der Waals surface area (Å²) in [6, 6.07) is 16.1. The third kappa shape index (κ3) is 1.43. The summed E-state index contributed by atoms with van der Waals surface area (Å²) >= 11 is 0. The van der Waals surface area contributed by atoms with Crippen LogP contribution in [0.25, 0.3) is 11.1 Å². The monoisotopic (exact) mass is 260 g/mol. The second-order valence-electron chi connectivity index (χ2n) is 7.00. The molecule has 0 nitrogen and oxygen atoms in total. The maximum Gasteiger partial charge on any atom is -0.00133 e. The molecule has 0 amide bonds. The molecule has 0 aliphatic heterocycles. The highest BCUT2D eigenvalue weighted by atomic mass is 14.5. The van der Waals surface area contributed by atoms with Crippen LogP contribution in [0.1, 0.15) is 48.3 Å². The Morgan fingerprint density at radius 3 is 2.55 bits per heavy atom. The van der Waals surface area contributed by atoms with Crippen molar-refractivity contribution in [2.75, 3.05) is 0 Å². The number of fused-ring (bicyclic) bond motifs is 5. The molecule has 2 aromatic carbocycles. The smallest absolute Gasteiger partial charge is 0.00133 e. The molecular weight excluding hydrogens is 240 g/mol. The van der Waals surface area contributed by atoms with Gasteiger partial charge in [-0.1, -0.05) is 48.9 Å². The Morgan fingerprint density at radius 2 is 1.70 bits per heavy atom. The molecule has 5 rings (SSSR count). The molecule has 0 radical (unpaired) electrons. The van der Waals surface area contributed by atoms with Crippen molar-refractivity contribution in [1.29, 1.82) is 0 Å². The van der Waals surface area contributed by atoms with Crippen molar-refractivity contribution in [2.24, 2.45) is 11.8 Å². The van der Waals surface area contributed by atoms with Crippen LogP contribution in [-0.4, -0.2) is 0 Å². The molecule has 0 saturated heterocycles. The van der Waals surface area contributed by atoms with E-state index in [1.54, 1.807) is 16.7 Å². The fourth-order valence-corrected chi connectivity index (χ4v) is 5.15. The third-order valence-corrected chi connectivity index (χ3v) is 5.99. The van der Waals surface area contributed by atoms with E-state index in [0.29, 0.717) is 0 Å². The van der Waals surface area contributed by atoms with Gasteiger partial charge in [0.1, 0.15) is 0 Å². The molecular formula is C20H20. The Kier molecular flexibility index (Phi) is 2.21. The lowest BCUT2D eigenvalue weighted by Gasteiger charge is -2.24. The molecule has 100 valence electrons. The molecule has 0 N–H and O–H groups in total. The van der Waals surface area contributed by atoms with Crippen molar-refractivity contribution in [3.8, 4) is 11.1 Å². The normalized spacial score (nSPS) is 29.5. The van der Waals surface area contributed by atoms with Crippen molar-refractivity contribution < 1.29 is 0 Å². The average Bonchev–Trinajstić information content (AvgIpc) is 3.19. The number of hydrogen-bond donors (Lipinski definition) is 0. The molecule has 2 saturated carbocycles. The quantitative estimate of drug-likeness (QED) is 0.567. The summed E-state index contributed by atoms with van der Waals surface area (Å²) in [6.45, 7) is 0. The SMILES string of the molecule is c1ccc2c(c1)Cc1cccc(C3CC4CCC3C4)c1-2. The van der Waals surface area contributed by atoms with Crippen LogP contribution >= 0.6 is 0 Å². The van der Waals surface area contributed by atoms with Gasteiger partial charge in [0.25, 0.3) is 0 Å². The van der Waals surface area contributed by atoms with E-state index in [0.717, 1.165) is 24.2 Å². The summed E-state index contributed by atoms with van der Waals surface area (Å²) in [5.41, 5.74) is 7.87. The van der Waals surface area contributed by atoms with Crippen molar-refractivity contribution in [3.63, 3.8) is 0 Å². The second-order valence-corrected chi connectivity index (χ2v) is 7.00. The van der Waals surface area contributed by atoms with E-state index in [2.05, 4.69) is 42.5 Å². The Labute approximate surface area is 120 Å². The van der Waals surface area contributed by atoms with E-state index in [4.69, 9.17) is 0 Å². The largest absolute Gasteiger partial charge is 0.0619 e. The first-order valence-corrected chi connectivity index (χ1v) is 8.10. The number of hydrogen-bond acceptors (Lipinski definition) is 0.